The van der Waals surface area contributed by atoms with Gasteiger partial charge >= 0.3 is 5.69 Å². The average Bonchev–Trinajstić information content (AvgIpc) is 3.90. The molecule has 60 heavy (non-hydrogen) atoms. The first-order valence-electron chi connectivity index (χ1n) is 20.6. The molecule has 1 atom stereocenters. The molecule has 3 amide bonds. The van der Waals surface area contributed by atoms with Crippen LogP contribution in [0.15, 0.2) is 90.1 Å². The van der Waals surface area contributed by atoms with E-state index in [1.807, 2.05) is 29.3 Å². The molecule has 15 heteroatoms. The Bertz CT molecular complexity index is 2690. The summed E-state index contributed by atoms with van der Waals surface area (Å²) in [6, 6.07) is 20.0. The van der Waals surface area contributed by atoms with Gasteiger partial charge in [-0.25, -0.2) is 4.79 Å². The average molecular weight is 809 g/mol. The maximum Gasteiger partial charge on any atom is 0.329 e. The Kier molecular flexibility index (Phi) is 10.7. The number of pyridine rings is 1. The van der Waals surface area contributed by atoms with E-state index in [2.05, 4.69) is 74.0 Å². The highest BCUT2D eigenvalue weighted by Gasteiger charge is 2.32. The summed E-state index contributed by atoms with van der Waals surface area (Å²) in [5.74, 6) is 0.136. The Morgan fingerprint density at radius 3 is 2.60 bits per heavy atom. The zero-order valence-electron chi connectivity index (χ0n) is 33.9. The highest BCUT2D eigenvalue weighted by molar-refractivity contribution is 6.00. The molecule has 308 valence electrons. The van der Waals surface area contributed by atoms with Gasteiger partial charge in [0, 0.05) is 106 Å². The van der Waals surface area contributed by atoms with Gasteiger partial charge in [-0.05, 0) is 72.4 Å². The van der Waals surface area contributed by atoms with E-state index in [4.69, 9.17) is 9.72 Å². The Morgan fingerprint density at radius 1 is 0.933 bits per heavy atom. The van der Waals surface area contributed by atoms with E-state index in [1.165, 1.54) is 0 Å². The molecule has 0 aliphatic carbocycles. The van der Waals surface area contributed by atoms with Crippen molar-refractivity contribution in [3.63, 3.8) is 0 Å². The van der Waals surface area contributed by atoms with Crippen LogP contribution in [0.1, 0.15) is 42.9 Å². The summed E-state index contributed by atoms with van der Waals surface area (Å²) in [5.41, 5.74) is 8.43. The van der Waals surface area contributed by atoms with Gasteiger partial charge in [-0.15, -0.1) is 5.10 Å². The third kappa shape index (κ3) is 7.56. The largest absolute Gasteiger partial charge is 0.496 e. The molecule has 3 aromatic heterocycles. The van der Waals surface area contributed by atoms with Crippen LogP contribution in [0.4, 0.5) is 5.69 Å². The van der Waals surface area contributed by atoms with Crippen molar-refractivity contribution in [2.45, 2.75) is 44.7 Å². The number of methoxy groups -OCH3 is 1. The Labute approximate surface area is 346 Å². The second-order valence-corrected chi connectivity index (χ2v) is 15.8. The Balaban J connectivity index is 0.885. The van der Waals surface area contributed by atoms with E-state index in [1.54, 1.807) is 40.4 Å². The molecule has 6 heterocycles. The number of anilines is 1. The molecule has 3 aliphatic rings. The van der Waals surface area contributed by atoms with Gasteiger partial charge in [-0.3, -0.25) is 43.4 Å². The fourth-order valence-electron chi connectivity index (χ4n) is 9.03. The summed E-state index contributed by atoms with van der Waals surface area (Å²) < 4.78 is 10.9. The number of piperazine rings is 1. The number of aryl methyl sites for hydroxylation is 2. The van der Waals surface area contributed by atoms with Crippen LogP contribution >= 0.6 is 0 Å². The minimum absolute atomic E-state index is 0.0989. The molecule has 2 saturated heterocycles. The van der Waals surface area contributed by atoms with Crippen molar-refractivity contribution in [1.82, 2.24) is 44.2 Å². The Hall–Kier alpha value is -6.61. The van der Waals surface area contributed by atoms with Gasteiger partial charge < -0.3 is 14.5 Å². The number of nitrogens with one attached hydrogen (secondary N) is 1. The van der Waals surface area contributed by atoms with Crippen molar-refractivity contribution < 1.29 is 19.1 Å². The number of ether oxygens (including phenoxy) is 1. The molecule has 0 radical (unpaired) electrons. The number of aromatic nitrogens is 6. The first kappa shape index (κ1) is 38.9. The molecule has 0 bridgehead atoms. The van der Waals surface area contributed by atoms with Gasteiger partial charge in [0.2, 0.25) is 17.7 Å². The summed E-state index contributed by atoms with van der Waals surface area (Å²) in [5, 5.41) is 11.3. The number of carbonyl (C=O) groups is 3. The fraction of sp³-hybridized carbons (Fsp3) is 0.356. The fourth-order valence-corrected chi connectivity index (χ4v) is 9.03. The van der Waals surface area contributed by atoms with Gasteiger partial charge in [0.1, 0.15) is 11.8 Å². The Morgan fingerprint density at radius 2 is 1.80 bits per heavy atom. The van der Waals surface area contributed by atoms with Gasteiger partial charge in [0.25, 0.3) is 0 Å². The lowest BCUT2D eigenvalue weighted by Crippen LogP contribution is -2.47. The zero-order valence-corrected chi connectivity index (χ0v) is 33.9. The van der Waals surface area contributed by atoms with Gasteiger partial charge in [-0.1, -0.05) is 29.5 Å². The molecule has 0 spiro atoms. The summed E-state index contributed by atoms with van der Waals surface area (Å²) >= 11 is 0. The van der Waals surface area contributed by atoms with Crippen molar-refractivity contribution in [3.05, 3.63) is 107 Å². The number of nitrogens with zero attached hydrogens (tertiary/aromatic N) is 9. The smallest absolute Gasteiger partial charge is 0.329 e. The number of hydrogen-bond acceptors (Lipinski definition) is 10. The molecular formula is C45H48N10O5. The normalized spacial score (nSPS) is 17.6. The van der Waals surface area contributed by atoms with Crippen LogP contribution < -0.4 is 20.6 Å². The van der Waals surface area contributed by atoms with Crippen molar-refractivity contribution in [2.75, 3.05) is 57.8 Å². The van der Waals surface area contributed by atoms with Crippen molar-refractivity contribution in [3.8, 4) is 16.9 Å². The van der Waals surface area contributed by atoms with E-state index in [-0.39, 0.29) is 23.9 Å². The lowest BCUT2D eigenvalue weighted by Gasteiger charge is -2.36. The molecule has 2 fully saturated rings. The lowest BCUT2D eigenvalue weighted by molar-refractivity contribution is -0.136. The summed E-state index contributed by atoms with van der Waals surface area (Å²) in [6.07, 6.45) is 9.88. The minimum atomic E-state index is -0.706. The molecule has 3 aromatic carbocycles. The van der Waals surface area contributed by atoms with Gasteiger partial charge in [-0.2, -0.15) is 0 Å². The second kappa shape index (κ2) is 16.6. The first-order valence-corrected chi connectivity index (χ1v) is 20.6. The van der Waals surface area contributed by atoms with E-state index in [0.29, 0.717) is 38.0 Å². The van der Waals surface area contributed by atoms with E-state index in [9.17, 15) is 19.2 Å². The predicted octanol–water partition coefficient (Wildman–Crippen LogP) is 4.20. The van der Waals surface area contributed by atoms with Crippen molar-refractivity contribution in [1.29, 1.82) is 0 Å². The predicted molar refractivity (Wildman–Crippen MR) is 229 cm³/mol. The van der Waals surface area contributed by atoms with E-state index in [0.717, 1.165) is 101 Å². The number of imidazole rings is 1. The molecule has 6 aromatic rings. The number of hydrogen-bond donors (Lipinski definition) is 1. The molecule has 1 N–H and O–H groups in total. The molecule has 9 rings (SSSR count). The van der Waals surface area contributed by atoms with Crippen molar-refractivity contribution >= 4 is 50.9 Å². The maximum absolute atomic E-state index is 13.4. The van der Waals surface area contributed by atoms with Gasteiger partial charge in [0.05, 0.1) is 36.4 Å². The number of amides is 3. The summed E-state index contributed by atoms with van der Waals surface area (Å²) in [6.45, 7) is 6.00. The molecule has 15 nitrogen and oxygen atoms in total. The van der Waals surface area contributed by atoms with E-state index >= 15 is 0 Å². The second-order valence-electron chi connectivity index (χ2n) is 15.8. The number of fused-ring (bicyclic) bond motifs is 2. The maximum atomic E-state index is 13.4. The molecule has 3 aliphatic heterocycles. The van der Waals surface area contributed by atoms with Crippen LogP contribution in [-0.2, 0) is 34.4 Å². The monoisotopic (exact) mass is 808 g/mol. The lowest BCUT2D eigenvalue weighted by atomic mass is 9.93. The molecular weight excluding hydrogens is 761 g/mol. The number of para-hydroxylation sites is 1. The number of piperidine rings is 1. The topological polar surface area (TPSA) is 153 Å². The highest BCUT2D eigenvalue weighted by Crippen LogP contribution is 2.39. The summed E-state index contributed by atoms with van der Waals surface area (Å²) in [7, 11) is 3.46. The van der Waals surface area contributed by atoms with Crippen LogP contribution in [0, 0.1) is 0 Å². The summed E-state index contributed by atoms with van der Waals surface area (Å²) in [4.78, 5) is 62.7. The van der Waals surface area contributed by atoms with Crippen LogP contribution in [0.25, 0.3) is 38.6 Å². The number of rotatable bonds is 11. The first-order chi connectivity index (χ1) is 29.2. The quantitative estimate of drug-likeness (QED) is 0.189. The van der Waals surface area contributed by atoms with Gasteiger partial charge in [0.15, 0.2) is 0 Å². The third-order valence-corrected chi connectivity index (χ3v) is 12.2. The standard InChI is InChI=1S/C45H48N10O5/c1-50-43-30(6-3-9-37(43)55(45(50)59)38-12-13-40(56)48-44(38)58)14-19-51-22-24-52(25-23-51)34-10-11-35(39(28-34)60-2)36-27-33(26-31-7-4-16-46-42(31)36)32-8-5-18-53(29-32)41(57)15-20-54-21-17-47-49-54/h3-4,6-11,16-17,21,26-28,38H,5,12-15,18-20,22-25,29H2,1-2H3,(H,48,56,58). The van der Waals surface area contributed by atoms with Crippen molar-refractivity contribution in [2.24, 2.45) is 7.05 Å². The van der Waals surface area contributed by atoms with Crippen LogP contribution in [0.5, 0.6) is 5.75 Å². The molecule has 1 unspecified atom stereocenters. The van der Waals surface area contributed by atoms with Crippen LogP contribution in [0.2, 0.25) is 0 Å². The SMILES string of the molecule is COc1cc(N2CCN(CCc3cccc4c3n(C)c(=O)n4C3CCC(=O)NC3=O)CC2)ccc1-c1cc(C2=CCCN(C(=O)CCn3ccnn3)C2)cc2cccnc12. The van der Waals surface area contributed by atoms with Crippen LogP contribution in [-0.4, -0.2) is 110 Å². The third-order valence-electron chi connectivity index (χ3n) is 12.2. The number of carbonyl (C=O) groups excluding carboxylic acids is 3. The van der Waals surface area contributed by atoms with Crippen LogP contribution in [0.3, 0.4) is 0 Å². The highest BCUT2D eigenvalue weighted by atomic mass is 16.5. The minimum Gasteiger partial charge on any atom is -0.496 e. The number of imide groups is 1. The van der Waals surface area contributed by atoms with E-state index < -0.39 is 11.9 Å². The number of benzene rings is 3. The molecule has 0 saturated carbocycles. The zero-order chi connectivity index (χ0) is 41.3.